The molecule has 2 rings (SSSR count). The minimum atomic E-state index is 0.805. The van der Waals surface area contributed by atoms with Crippen LogP contribution < -0.4 is 5.32 Å². The van der Waals surface area contributed by atoms with E-state index in [1.807, 2.05) is 0 Å². The van der Waals surface area contributed by atoms with E-state index in [2.05, 4.69) is 26.2 Å². The van der Waals surface area contributed by atoms with Crippen molar-refractivity contribution in [3.05, 3.63) is 0 Å². The van der Waals surface area contributed by atoms with Crippen molar-refractivity contribution in [2.45, 2.75) is 58.4 Å². The van der Waals surface area contributed by atoms with E-state index >= 15 is 0 Å². The largest absolute Gasteiger partial charge is 0.317 e. The SMILES string of the molecule is CCCC(C)CC(NC)C1CC2CC2C1. The molecule has 0 heterocycles. The second-order valence-electron chi connectivity index (χ2n) is 6.01. The number of rotatable bonds is 6. The molecule has 0 bridgehead atoms. The van der Waals surface area contributed by atoms with Gasteiger partial charge in [-0.25, -0.2) is 0 Å². The van der Waals surface area contributed by atoms with E-state index in [9.17, 15) is 0 Å². The van der Waals surface area contributed by atoms with E-state index in [0.717, 1.165) is 29.7 Å². The summed E-state index contributed by atoms with van der Waals surface area (Å²) in [6.07, 6.45) is 8.74. The zero-order valence-corrected chi connectivity index (χ0v) is 10.6. The highest BCUT2D eigenvalue weighted by molar-refractivity contribution is 4.99. The fourth-order valence-electron chi connectivity index (χ4n) is 3.68. The highest BCUT2D eigenvalue weighted by Gasteiger charge is 2.47. The molecule has 0 spiro atoms. The lowest BCUT2D eigenvalue weighted by Crippen LogP contribution is -2.34. The van der Waals surface area contributed by atoms with Crippen molar-refractivity contribution < 1.29 is 0 Å². The van der Waals surface area contributed by atoms with Crippen molar-refractivity contribution in [1.29, 1.82) is 0 Å². The van der Waals surface area contributed by atoms with Crippen molar-refractivity contribution in [3.8, 4) is 0 Å². The first-order valence-corrected chi connectivity index (χ1v) is 6.91. The molecule has 0 amide bonds. The smallest absolute Gasteiger partial charge is 0.00950 e. The van der Waals surface area contributed by atoms with Gasteiger partial charge >= 0.3 is 0 Å². The predicted molar refractivity (Wildman–Crippen MR) is 65.9 cm³/mol. The van der Waals surface area contributed by atoms with Crippen LogP contribution in [-0.2, 0) is 0 Å². The van der Waals surface area contributed by atoms with Crippen LogP contribution in [0.3, 0.4) is 0 Å². The third-order valence-corrected chi connectivity index (χ3v) is 4.66. The summed E-state index contributed by atoms with van der Waals surface area (Å²) in [5.74, 6) is 4.17. The second-order valence-corrected chi connectivity index (χ2v) is 6.01. The quantitative estimate of drug-likeness (QED) is 0.706. The number of fused-ring (bicyclic) bond motifs is 1. The van der Waals surface area contributed by atoms with E-state index in [-0.39, 0.29) is 0 Å². The minimum Gasteiger partial charge on any atom is -0.317 e. The zero-order chi connectivity index (χ0) is 10.8. The first kappa shape index (κ1) is 11.4. The summed E-state index contributed by atoms with van der Waals surface area (Å²) < 4.78 is 0. The van der Waals surface area contributed by atoms with E-state index < -0.39 is 0 Å². The molecule has 0 saturated heterocycles. The molecule has 4 unspecified atom stereocenters. The monoisotopic (exact) mass is 209 g/mol. The van der Waals surface area contributed by atoms with Gasteiger partial charge in [0.1, 0.15) is 0 Å². The molecular weight excluding hydrogens is 182 g/mol. The summed E-state index contributed by atoms with van der Waals surface area (Å²) >= 11 is 0. The fourth-order valence-corrected chi connectivity index (χ4v) is 3.68. The Bertz CT molecular complexity index is 192. The Balaban J connectivity index is 1.76. The van der Waals surface area contributed by atoms with Crippen LogP contribution in [0, 0.1) is 23.7 Å². The van der Waals surface area contributed by atoms with Gasteiger partial charge in [-0.1, -0.05) is 26.7 Å². The molecular formula is C14H27N. The molecule has 0 aliphatic heterocycles. The van der Waals surface area contributed by atoms with Crippen LogP contribution in [0.5, 0.6) is 0 Å². The summed E-state index contributed by atoms with van der Waals surface area (Å²) in [6.45, 7) is 4.72. The maximum absolute atomic E-state index is 3.57. The Labute approximate surface area is 95.0 Å². The van der Waals surface area contributed by atoms with Crippen LogP contribution in [0.25, 0.3) is 0 Å². The molecule has 15 heavy (non-hydrogen) atoms. The van der Waals surface area contributed by atoms with Gasteiger partial charge in [0.15, 0.2) is 0 Å². The number of hydrogen-bond donors (Lipinski definition) is 1. The molecule has 2 saturated carbocycles. The Hall–Kier alpha value is -0.0400. The molecule has 0 aromatic heterocycles. The first-order chi connectivity index (χ1) is 7.24. The highest BCUT2D eigenvalue weighted by atomic mass is 14.9. The maximum atomic E-state index is 3.57. The van der Waals surface area contributed by atoms with Crippen LogP contribution in [-0.4, -0.2) is 13.1 Å². The van der Waals surface area contributed by atoms with Crippen molar-refractivity contribution in [2.75, 3.05) is 7.05 Å². The van der Waals surface area contributed by atoms with Crippen LogP contribution in [0.2, 0.25) is 0 Å². The average molecular weight is 209 g/mol. The lowest BCUT2D eigenvalue weighted by atomic mass is 9.86. The van der Waals surface area contributed by atoms with Gasteiger partial charge in [-0.15, -0.1) is 0 Å². The standard InChI is InChI=1S/C14H27N/c1-4-5-10(2)6-14(15-3)13-8-11-7-12(11)9-13/h10-15H,4-9H2,1-3H3. The van der Waals surface area contributed by atoms with Crippen LogP contribution in [0.15, 0.2) is 0 Å². The third-order valence-electron chi connectivity index (χ3n) is 4.66. The molecule has 2 fully saturated rings. The lowest BCUT2D eigenvalue weighted by molar-refractivity contribution is 0.291. The van der Waals surface area contributed by atoms with Gasteiger partial charge in [0.25, 0.3) is 0 Å². The van der Waals surface area contributed by atoms with Crippen LogP contribution in [0.1, 0.15) is 52.4 Å². The van der Waals surface area contributed by atoms with E-state index in [1.54, 1.807) is 6.42 Å². The molecule has 88 valence electrons. The molecule has 0 aromatic carbocycles. The van der Waals surface area contributed by atoms with E-state index in [4.69, 9.17) is 0 Å². The first-order valence-electron chi connectivity index (χ1n) is 6.91. The summed E-state index contributed by atoms with van der Waals surface area (Å²) in [7, 11) is 2.16. The average Bonchev–Trinajstić information content (AvgIpc) is 2.83. The molecule has 0 radical (unpaired) electrons. The molecule has 4 atom stereocenters. The van der Waals surface area contributed by atoms with Gasteiger partial charge in [-0.3, -0.25) is 0 Å². The molecule has 0 aromatic rings. The summed E-state index contributed by atoms with van der Waals surface area (Å²) in [6, 6.07) is 0.805. The van der Waals surface area contributed by atoms with Gasteiger partial charge in [0, 0.05) is 6.04 Å². The van der Waals surface area contributed by atoms with Crippen LogP contribution >= 0.6 is 0 Å². The Morgan fingerprint density at radius 1 is 1.20 bits per heavy atom. The summed E-state index contributed by atoms with van der Waals surface area (Å²) in [5, 5.41) is 3.57. The summed E-state index contributed by atoms with van der Waals surface area (Å²) in [4.78, 5) is 0. The number of nitrogens with one attached hydrogen (secondary N) is 1. The normalized spacial score (nSPS) is 37.4. The maximum Gasteiger partial charge on any atom is 0.00950 e. The molecule has 1 N–H and O–H groups in total. The fraction of sp³-hybridized carbons (Fsp3) is 1.00. The second kappa shape index (κ2) is 4.86. The topological polar surface area (TPSA) is 12.0 Å². The zero-order valence-electron chi connectivity index (χ0n) is 10.6. The summed E-state index contributed by atoms with van der Waals surface area (Å²) in [5.41, 5.74) is 0. The number of hydrogen-bond acceptors (Lipinski definition) is 1. The third kappa shape index (κ3) is 2.75. The van der Waals surface area contributed by atoms with Crippen molar-refractivity contribution in [3.63, 3.8) is 0 Å². The molecule has 1 nitrogen and oxygen atoms in total. The van der Waals surface area contributed by atoms with Gasteiger partial charge in [-0.05, 0) is 56.4 Å². The van der Waals surface area contributed by atoms with Crippen molar-refractivity contribution in [2.24, 2.45) is 23.7 Å². The highest BCUT2D eigenvalue weighted by Crippen LogP contribution is 2.55. The van der Waals surface area contributed by atoms with Crippen molar-refractivity contribution in [1.82, 2.24) is 5.32 Å². The molecule has 2 aliphatic rings. The Morgan fingerprint density at radius 2 is 1.87 bits per heavy atom. The van der Waals surface area contributed by atoms with E-state index in [1.165, 1.54) is 32.1 Å². The van der Waals surface area contributed by atoms with Gasteiger partial charge in [0.2, 0.25) is 0 Å². The van der Waals surface area contributed by atoms with Gasteiger partial charge < -0.3 is 5.32 Å². The molecule has 1 heteroatoms. The molecule has 2 aliphatic carbocycles. The van der Waals surface area contributed by atoms with E-state index in [0.29, 0.717) is 0 Å². The van der Waals surface area contributed by atoms with Crippen molar-refractivity contribution >= 4 is 0 Å². The predicted octanol–water partition coefficient (Wildman–Crippen LogP) is 3.45. The minimum absolute atomic E-state index is 0.805. The Morgan fingerprint density at radius 3 is 2.40 bits per heavy atom. The lowest BCUT2D eigenvalue weighted by Gasteiger charge is -2.27. The van der Waals surface area contributed by atoms with Crippen LogP contribution in [0.4, 0.5) is 0 Å². The van der Waals surface area contributed by atoms with Gasteiger partial charge in [-0.2, -0.15) is 0 Å². The van der Waals surface area contributed by atoms with Gasteiger partial charge in [0.05, 0.1) is 0 Å². The Kier molecular flexibility index (Phi) is 3.71.